The van der Waals surface area contributed by atoms with Crippen molar-refractivity contribution < 1.29 is 9.59 Å². The first kappa shape index (κ1) is 22.0. The number of hydrogen-bond acceptors (Lipinski definition) is 3. The van der Waals surface area contributed by atoms with E-state index in [1.165, 1.54) is 11.8 Å². The summed E-state index contributed by atoms with van der Waals surface area (Å²) in [6.45, 7) is 8.29. The molecule has 150 valence electrons. The highest BCUT2D eigenvalue weighted by atomic mass is 32.2. The van der Waals surface area contributed by atoms with Gasteiger partial charge in [-0.15, -0.1) is 11.8 Å². The van der Waals surface area contributed by atoms with Crippen LogP contribution in [0.2, 0.25) is 0 Å². The normalized spacial score (nSPS) is 11.9. The van der Waals surface area contributed by atoms with Gasteiger partial charge in [0.15, 0.2) is 0 Å². The number of carbonyl (C=O) groups is 2. The Labute approximate surface area is 172 Å². The number of nitrogens with zero attached hydrogens (tertiary/aromatic N) is 1. The molecule has 0 radical (unpaired) electrons. The molecule has 1 N–H and O–H groups in total. The summed E-state index contributed by atoms with van der Waals surface area (Å²) in [4.78, 5) is 28.7. The van der Waals surface area contributed by atoms with Crippen molar-refractivity contribution in [3.8, 4) is 0 Å². The third-order valence-electron chi connectivity index (χ3n) is 4.52. The largest absolute Gasteiger partial charge is 0.352 e. The van der Waals surface area contributed by atoms with Gasteiger partial charge in [0.25, 0.3) is 0 Å². The minimum Gasteiger partial charge on any atom is -0.352 e. The Morgan fingerprint density at radius 3 is 2.29 bits per heavy atom. The molecular formula is C23H30N2O2S. The number of carbonyl (C=O) groups excluding carboxylic acids is 2. The Morgan fingerprint density at radius 1 is 1.04 bits per heavy atom. The SMILES string of the molecule is CCC(C(=O)NC(C)C)N(Cc1ccccc1C)C(=O)CSc1ccccc1. The fraction of sp³-hybridized carbons (Fsp3) is 0.391. The predicted octanol–water partition coefficient (Wildman–Crippen LogP) is 4.42. The average Bonchev–Trinajstić information content (AvgIpc) is 2.67. The molecule has 0 aliphatic carbocycles. The molecule has 0 saturated heterocycles. The first-order valence-electron chi connectivity index (χ1n) is 9.74. The van der Waals surface area contributed by atoms with Crippen LogP contribution in [-0.4, -0.2) is 34.6 Å². The molecule has 0 bridgehead atoms. The third-order valence-corrected chi connectivity index (χ3v) is 5.52. The van der Waals surface area contributed by atoms with Crippen molar-refractivity contribution in [3.63, 3.8) is 0 Å². The van der Waals surface area contributed by atoms with Crippen LogP contribution in [0.1, 0.15) is 38.3 Å². The van der Waals surface area contributed by atoms with Crippen molar-refractivity contribution in [2.75, 3.05) is 5.75 Å². The number of nitrogens with one attached hydrogen (secondary N) is 1. The zero-order chi connectivity index (χ0) is 20.5. The summed E-state index contributed by atoms with van der Waals surface area (Å²) < 4.78 is 0. The lowest BCUT2D eigenvalue weighted by Crippen LogP contribution is -2.51. The Kier molecular flexibility index (Phi) is 8.58. The second kappa shape index (κ2) is 10.9. The summed E-state index contributed by atoms with van der Waals surface area (Å²) in [5, 5.41) is 2.96. The highest BCUT2D eigenvalue weighted by Gasteiger charge is 2.29. The number of thioether (sulfide) groups is 1. The van der Waals surface area contributed by atoms with Crippen LogP contribution in [0.3, 0.4) is 0 Å². The molecule has 2 amide bonds. The van der Waals surface area contributed by atoms with Gasteiger partial charge in [-0.3, -0.25) is 9.59 Å². The van der Waals surface area contributed by atoms with E-state index in [9.17, 15) is 9.59 Å². The lowest BCUT2D eigenvalue weighted by Gasteiger charge is -2.31. The van der Waals surface area contributed by atoms with Crippen LogP contribution in [0.5, 0.6) is 0 Å². The van der Waals surface area contributed by atoms with Gasteiger partial charge in [0.1, 0.15) is 6.04 Å². The quantitative estimate of drug-likeness (QED) is 0.636. The molecule has 2 rings (SSSR count). The molecule has 0 aromatic heterocycles. The maximum Gasteiger partial charge on any atom is 0.243 e. The molecule has 5 heteroatoms. The van der Waals surface area contributed by atoms with E-state index in [-0.39, 0.29) is 17.9 Å². The molecular weight excluding hydrogens is 368 g/mol. The number of aryl methyl sites for hydroxylation is 1. The van der Waals surface area contributed by atoms with E-state index >= 15 is 0 Å². The first-order chi connectivity index (χ1) is 13.4. The summed E-state index contributed by atoms with van der Waals surface area (Å²) in [6.07, 6.45) is 0.576. The topological polar surface area (TPSA) is 49.4 Å². The smallest absolute Gasteiger partial charge is 0.243 e. The van der Waals surface area contributed by atoms with E-state index in [0.717, 1.165) is 16.0 Å². The van der Waals surface area contributed by atoms with Gasteiger partial charge in [0.2, 0.25) is 11.8 Å². The summed E-state index contributed by atoms with van der Waals surface area (Å²) in [6, 6.07) is 17.4. The van der Waals surface area contributed by atoms with Gasteiger partial charge in [0.05, 0.1) is 5.75 Å². The first-order valence-corrected chi connectivity index (χ1v) is 10.7. The zero-order valence-corrected chi connectivity index (χ0v) is 18.0. The lowest BCUT2D eigenvalue weighted by molar-refractivity contribution is -0.139. The van der Waals surface area contributed by atoms with Crippen molar-refractivity contribution >= 4 is 23.6 Å². The van der Waals surface area contributed by atoms with Gasteiger partial charge in [-0.2, -0.15) is 0 Å². The Morgan fingerprint density at radius 2 is 1.68 bits per heavy atom. The third kappa shape index (κ3) is 6.41. The summed E-state index contributed by atoms with van der Waals surface area (Å²) >= 11 is 1.50. The van der Waals surface area contributed by atoms with Gasteiger partial charge in [-0.25, -0.2) is 0 Å². The van der Waals surface area contributed by atoms with Gasteiger partial charge >= 0.3 is 0 Å². The van der Waals surface area contributed by atoms with E-state index in [1.54, 1.807) is 4.90 Å². The summed E-state index contributed by atoms with van der Waals surface area (Å²) in [5.41, 5.74) is 2.19. The number of rotatable bonds is 9. The Balaban J connectivity index is 2.22. The van der Waals surface area contributed by atoms with Crippen LogP contribution in [0, 0.1) is 6.92 Å². The fourth-order valence-corrected chi connectivity index (χ4v) is 3.82. The molecule has 0 saturated carbocycles. The lowest BCUT2D eigenvalue weighted by atomic mass is 10.1. The second-order valence-electron chi connectivity index (χ2n) is 7.14. The van der Waals surface area contributed by atoms with Gasteiger partial charge in [0, 0.05) is 17.5 Å². The summed E-state index contributed by atoms with van der Waals surface area (Å²) in [7, 11) is 0. The summed E-state index contributed by atoms with van der Waals surface area (Å²) in [5.74, 6) is 0.188. The zero-order valence-electron chi connectivity index (χ0n) is 17.1. The number of amides is 2. The molecule has 0 fully saturated rings. The molecule has 28 heavy (non-hydrogen) atoms. The molecule has 2 aromatic rings. The minimum atomic E-state index is -0.481. The highest BCUT2D eigenvalue weighted by Crippen LogP contribution is 2.21. The van der Waals surface area contributed by atoms with Crippen LogP contribution in [0.25, 0.3) is 0 Å². The molecule has 1 unspecified atom stereocenters. The van der Waals surface area contributed by atoms with Crippen LogP contribution in [0.4, 0.5) is 0 Å². The van der Waals surface area contributed by atoms with Crippen LogP contribution in [0.15, 0.2) is 59.5 Å². The van der Waals surface area contributed by atoms with E-state index in [2.05, 4.69) is 5.32 Å². The van der Waals surface area contributed by atoms with Crippen molar-refractivity contribution in [1.82, 2.24) is 10.2 Å². The number of hydrogen-bond donors (Lipinski definition) is 1. The van der Waals surface area contributed by atoms with E-state index in [0.29, 0.717) is 18.7 Å². The molecule has 0 aliphatic heterocycles. The molecule has 4 nitrogen and oxygen atoms in total. The van der Waals surface area contributed by atoms with Gasteiger partial charge in [-0.05, 0) is 50.5 Å². The fourth-order valence-electron chi connectivity index (χ4n) is 3.02. The Hall–Kier alpha value is -2.27. The van der Waals surface area contributed by atoms with Crippen molar-refractivity contribution in [2.45, 2.75) is 57.6 Å². The van der Waals surface area contributed by atoms with Crippen LogP contribution in [-0.2, 0) is 16.1 Å². The van der Waals surface area contributed by atoms with Gasteiger partial charge < -0.3 is 10.2 Å². The standard InChI is InChI=1S/C23H30N2O2S/c1-5-21(23(27)24-17(2)3)25(15-19-12-10-9-11-18(19)4)22(26)16-28-20-13-7-6-8-14-20/h6-14,17,21H,5,15-16H2,1-4H3,(H,24,27). The molecule has 0 aliphatic rings. The Bertz CT molecular complexity index is 777. The van der Waals surface area contributed by atoms with Crippen LogP contribution < -0.4 is 5.32 Å². The van der Waals surface area contributed by atoms with Crippen LogP contribution >= 0.6 is 11.8 Å². The molecule has 0 spiro atoms. The van der Waals surface area contributed by atoms with E-state index < -0.39 is 6.04 Å². The average molecular weight is 399 g/mol. The van der Waals surface area contributed by atoms with Crippen molar-refractivity contribution in [3.05, 3.63) is 65.7 Å². The van der Waals surface area contributed by atoms with Gasteiger partial charge in [-0.1, -0.05) is 49.4 Å². The minimum absolute atomic E-state index is 0.0251. The molecule has 2 aromatic carbocycles. The van der Waals surface area contributed by atoms with E-state index in [4.69, 9.17) is 0 Å². The van der Waals surface area contributed by atoms with Crippen molar-refractivity contribution in [1.29, 1.82) is 0 Å². The maximum atomic E-state index is 13.1. The molecule has 0 heterocycles. The predicted molar refractivity (Wildman–Crippen MR) is 116 cm³/mol. The highest BCUT2D eigenvalue weighted by molar-refractivity contribution is 8.00. The maximum absolute atomic E-state index is 13.1. The second-order valence-corrected chi connectivity index (χ2v) is 8.19. The molecule has 1 atom stereocenters. The monoisotopic (exact) mass is 398 g/mol. The van der Waals surface area contributed by atoms with Crippen molar-refractivity contribution in [2.24, 2.45) is 0 Å². The number of benzene rings is 2. The van der Waals surface area contributed by atoms with E-state index in [1.807, 2.05) is 82.3 Å².